The van der Waals surface area contributed by atoms with Crippen molar-refractivity contribution in [3.8, 4) is 11.1 Å². The molecule has 2 N–H and O–H groups in total. The zero-order valence-electron chi connectivity index (χ0n) is 12.4. The summed E-state index contributed by atoms with van der Waals surface area (Å²) in [5.74, 6) is 0. The molecule has 0 heterocycles. The zero-order chi connectivity index (χ0) is 15.2. The average molecular weight is 285 g/mol. The fourth-order valence-electron chi connectivity index (χ4n) is 2.48. The molecule has 0 spiro atoms. The lowest BCUT2D eigenvalue weighted by atomic mass is 10.0. The number of benzene rings is 3. The summed E-state index contributed by atoms with van der Waals surface area (Å²) in [6.45, 7) is 0. The van der Waals surface area contributed by atoms with Gasteiger partial charge < -0.3 is 5.73 Å². The van der Waals surface area contributed by atoms with Crippen molar-refractivity contribution in [3.05, 3.63) is 102 Å². The Morgan fingerprint density at radius 2 is 1.36 bits per heavy atom. The lowest BCUT2D eigenvalue weighted by Crippen LogP contribution is -1.97. The molecule has 0 fully saturated rings. The van der Waals surface area contributed by atoms with Gasteiger partial charge in [0.2, 0.25) is 0 Å². The summed E-state index contributed by atoms with van der Waals surface area (Å²) in [6.07, 6.45) is 2.92. The van der Waals surface area contributed by atoms with E-state index in [1.165, 1.54) is 16.7 Å². The van der Waals surface area contributed by atoms with Crippen molar-refractivity contribution >= 4 is 5.70 Å². The summed E-state index contributed by atoms with van der Waals surface area (Å²) in [4.78, 5) is 0. The smallest absolute Gasteiger partial charge is 0.0350 e. The Hall–Kier alpha value is -2.80. The van der Waals surface area contributed by atoms with Gasteiger partial charge in [0.05, 0.1) is 0 Å². The third-order valence-electron chi connectivity index (χ3n) is 3.70. The van der Waals surface area contributed by atoms with Gasteiger partial charge in [0.25, 0.3) is 0 Å². The molecule has 3 rings (SSSR count). The molecule has 0 amide bonds. The van der Waals surface area contributed by atoms with Crippen LogP contribution in [0.3, 0.4) is 0 Å². The molecule has 0 aromatic heterocycles. The Labute approximate surface area is 131 Å². The minimum atomic E-state index is 0.825. The summed E-state index contributed by atoms with van der Waals surface area (Å²) < 4.78 is 0. The van der Waals surface area contributed by atoms with Crippen molar-refractivity contribution in [1.82, 2.24) is 0 Å². The van der Waals surface area contributed by atoms with Crippen LogP contribution in [0.5, 0.6) is 0 Å². The predicted octanol–water partition coefficient (Wildman–Crippen LogP) is 4.90. The van der Waals surface area contributed by atoms with Crippen molar-refractivity contribution < 1.29 is 0 Å². The second-order valence-electron chi connectivity index (χ2n) is 5.30. The number of rotatable bonds is 4. The second kappa shape index (κ2) is 6.77. The van der Waals surface area contributed by atoms with E-state index < -0.39 is 0 Å². The molecular weight excluding hydrogens is 266 g/mol. The highest BCUT2D eigenvalue weighted by atomic mass is 14.6. The fourth-order valence-corrected chi connectivity index (χ4v) is 2.48. The van der Waals surface area contributed by atoms with Crippen LogP contribution in [0.2, 0.25) is 0 Å². The summed E-state index contributed by atoms with van der Waals surface area (Å²) in [6, 6.07) is 29.1. The highest BCUT2D eigenvalue weighted by Gasteiger charge is 1.99. The van der Waals surface area contributed by atoms with E-state index in [9.17, 15) is 0 Å². The first-order chi connectivity index (χ1) is 10.8. The molecule has 1 nitrogen and oxygen atoms in total. The summed E-state index contributed by atoms with van der Waals surface area (Å²) >= 11 is 0. The van der Waals surface area contributed by atoms with Gasteiger partial charge in [-0.15, -0.1) is 0 Å². The number of nitrogens with two attached hydrogens (primary N) is 1. The SMILES string of the molecule is N/C(=C\Cc1cccc(-c2ccccc2)c1)c1ccccc1. The van der Waals surface area contributed by atoms with Crippen LogP contribution >= 0.6 is 0 Å². The Morgan fingerprint density at radius 3 is 2.09 bits per heavy atom. The van der Waals surface area contributed by atoms with E-state index in [0.29, 0.717) is 0 Å². The van der Waals surface area contributed by atoms with Gasteiger partial charge >= 0.3 is 0 Å². The Bertz CT molecular complexity index is 758. The van der Waals surface area contributed by atoms with Crippen molar-refractivity contribution in [1.29, 1.82) is 0 Å². The highest BCUT2D eigenvalue weighted by Crippen LogP contribution is 2.20. The Kier molecular flexibility index (Phi) is 4.35. The quantitative estimate of drug-likeness (QED) is 0.725. The van der Waals surface area contributed by atoms with Crippen LogP contribution < -0.4 is 5.73 Å². The number of hydrogen-bond donors (Lipinski definition) is 1. The van der Waals surface area contributed by atoms with Crippen LogP contribution in [-0.4, -0.2) is 0 Å². The minimum absolute atomic E-state index is 0.825. The molecule has 0 bridgehead atoms. The van der Waals surface area contributed by atoms with Gasteiger partial charge in [-0.05, 0) is 28.7 Å². The maximum Gasteiger partial charge on any atom is 0.0350 e. The predicted molar refractivity (Wildman–Crippen MR) is 94.2 cm³/mol. The van der Waals surface area contributed by atoms with Gasteiger partial charge in [-0.2, -0.15) is 0 Å². The fraction of sp³-hybridized carbons (Fsp3) is 0.0476. The van der Waals surface area contributed by atoms with Crippen molar-refractivity contribution in [2.75, 3.05) is 0 Å². The molecule has 0 radical (unpaired) electrons. The second-order valence-corrected chi connectivity index (χ2v) is 5.30. The van der Waals surface area contributed by atoms with E-state index in [1.807, 2.05) is 36.4 Å². The van der Waals surface area contributed by atoms with Crippen LogP contribution in [0.25, 0.3) is 16.8 Å². The zero-order valence-corrected chi connectivity index (χ0v) is 12.4. The van der Waals surface area contributed by atoms with E-state index in [4.69, 9.17) is 5.73 Å². The first-order valence-corrected chi connectivity index (χ1v) is 7.48. The van der Waals surface area contributed by atoms with Crippen LogP contribution in [0.1, 0.15) is 11.1 Å². The Balaban J connectivity index is 1.79. The molecule has 3 aromatic rings. The molecule has 0 saturated heterocycles. The Morgan fingerprint density at radius 1 is 0.727 bits per heavy atom. The lowest BCUT2D eigenvalue weighted by Gasteiger charge is -2.05. The largest absolute Gasteiger partial charge is 0.398 e. The average Bonchev–Trinajstić information content (AvgIpc) is 2.61. The highest BCUT2D eigenvalue weighted by molar-refractivity contribution is 5.65. The maximum atomic E-state index is 6.15. The molecule has 1 heteroatoms. The topological polar surface area (TPSA) is 26.0 Å². The monoisotopic (exact) mass is 285 g/mol. The van der Waals surface area contributed by atoms with Crippen molar-refractivity contribution in [2.45, 2.75) is 6.42 Å². The summed E-state index contributed by atoms with van der Waals surface area (Å²) in [5, 5.41) is 0. The van der Waals surface area contributed by atoms with Crippen LogP contribution in [0.4, 0.5) is 0 Å². The van der Waals surface area contributed by atoms with Crippen LogP contribution in [0.15, 0.2) is 91.0 Å². The number of allylic oxidation sites excluding steroid dienone is 1. The van der Waals surface area contributed by atoms with Gasteiger partial charge in [0.15, 0.2) is 0 Å². The van der Waals surface area contributed by atoms with Gasteiger partial charge in [-0.1, -0.05) is 91.0 Å². The van der Waals surface area contributed by atoms with E-state index in [1.54, 1.807) is 0 Å². The molecule has 108 valence electrons. The molecular formula is C21H19N. The van der Waals surface area contributed by atoms with E-state index in [-0.39, 0.29) is 0 Å². The van der Waals surface area contributed by atoms with Gasteiger partial charge in [-0.3, -0.25) is 0 Å². The third-order valence-corrected chi connectivity index (χ3v) is 3.70. The van der Waals surface area contributed by atoms with Gasteiger partial charge in [0.1, 0.15) is 0 Å². The maximum absolute atomic E-state index is 6.15. The minimum Gasteiger partial charge on any atom is -0.398 e. The molecule has 22 heavy (non-hydrogen) atoms. The molecule has 0 aliphatic carbocycles. The first kappa shape index (κ1) is 14.2. The molecule has 3 aromatic carbocycles. The molecule has 0 atom stereocenters. The lowest BCUT2D eigenvalue weighted by molar-refractivity contribution is 1.26. The normalized spacial score (nSPS) is 11.4. The third kappa shape index (κ3) is 3.44. The van der Waals surface area contributed by atoms with E-state index >= 15 is 0 Å². The summed E-state index contributed by atoms with van der Waals surface area (Å²) in [7, 11) is 0. The van der Waals surface area contributed by atoms with Crippen LogP contribution in [-0.2, 0) is 6.42 Å². The molecule has 0 saturated carbocycles. The molecule has 0 aliphatic heterocycles. The van der Waals surface area contributed by atoms with Crippen LogP contribution in [0, 0.1) is 0 Å². The first-order valence-electron chi connectivity index (χ1n) is 7.48. The van der Waals surface area contributed by atoms with Crippen molar-refractivity contribution in [3.63, 3.8) is 0 Å². The summed E-state index contributed by atoms with van der Waals surface area (Å²) in [5.41, 5.74) is 11.8. The van der Waals surface area contributed by atoms with Gasteiger partial charge in [0, 0.05) is 5.70 Å². The van der Waals surface area contributed by atoms with Gasteiger partial charge in [-0.25, -0.2) is 0 Å². The molecule has 0 unspecified atom stereocenters. The molecule has 0 aliphatic rings. The number of hydrogen-bond acceptors (Lipinski definition) is 1. The van der Waals surface area contributed by atoms with Crippen molar-refractivity contribution in [2.24, 2.45) is 5.73 Å². The standard InChI is InChI=1S/C21H19N/c22-21(19-11-5-2-6-12-19)15-14-17-8-7-13-20(16-17)18-9-3-1-4-10-18/h1-13,15-16H,14,22H2/b21-15-. The van der Waals surface area contributed by atoms with E-state index in [0.717, 1.165) is 17.7 Å². The van der Waals surface area contributed by atoms with E-state index in [2.05, 4.69) is 54.6 Å².